The van der Waals surface area contributed by atoms with Crippen molar-refractivity contribution in [2.45, 2.75) is 32.6 Å². The lowest BCUT2D eigenvalue weighted by atomic mass is 9.97. The van der Waals surface area contributed by atoms with Gasteiger partial charge in [0.25, 0.3) is 0 Å². The van der Waals surface area contributed by atoms with Gasteiger partial charge in [-0.2, -0.15) is 0 Å². The number of benzene rings is 2. The van der Waals surface area contributed by atoms with Crippen LogP contribution in [0.15, 0.2) is 48.5 Å². The summed E-state index contributed by atoms with van der Waals surface area (Å²) in [7, 11) is 0. The molecule has 2 aliphatic heterocycles. The summed E-state index contributed by atoms with van der Waals surface area (Å²) in [5.41, 5.74) is 3.21. The molecule has 0 aromatic heterocycles. The summed E-state index contributed by atoms with van der Waals surface area (Å²) in [4.78, 5) is 41.3. The number of urea groups is 1. The molecule has 2 saturated heterocycles. The molecule has 1 unspecified atom stereocenters. The zero-order valence-corrected chi connectivity index (χ0v) is 17.8. The Morgan fingerprint density at radius 2 is 1.84 bits per heavy atom. The number of nitrogens with zero attached hydrogens (tertiary/aromatic N) is 2. The second-order valence-electron chi connectivity index (χ2n) is 8.24. The molecule has 4 rings (SSSR count). The molecule has 0 aliphatic carbocycles. The highest BCUT2D eigenvalue weighted by Crippen LogP contribution is 2.30. The molecule has 1 atom stereocenters. The van der Waals surface area contributed by atoms with Gasteiger partial charge in [-0.05, 0) is 56.0 Å². The van der Waals surface area contributed by atoms with Crippen LogP contribution in [0.1, 0.15) is 31.2 Å². The van der Waals surface area contributed by atoms with E-state index < -0.39 is 0 Å². The minimum atomic E-state index is -0.292. The quantitative estimate of drug-likeness (QED) is 0.784. The first-order chi connectivity index (χ1) is 15.0. The molecule has 2 aliphatic rings. The molecule has 0 radical (unpaired) electrons. The molecule has 7 heteroatoms. The number of rotatable bonds is 4. The molecule has 2 aromatic rings. The molecule has 4 amide bonds. The van der Waals surface area contributed by atoms with Crippen molar-refractivity contribution in [1.82, 2.24) is 4.90 Å². The highest BCUT2D eigenvalue weighted by molar-refractivity contribution is 6.02. The van der Waals surface area contributed by atoms with Crippen molar-refractivity contribution in [3.8, 4) is 0 Å². The standard InChI is InChI=1S/C24H28N4O3/c1-17-7-4-9-19(15-17)25-24(31)27-13-5-8-18(16-27)23(30)26-20-10-2-3-11-21(20)28-14-6-12-22(28)29/h2-4,7,9-11,15,18H,5-6,8,12-14,16H2,1H3,(H,25,31)(H,26,30). The first-order valence-corrected chi connectivity index (χ1v) is 10.8. The predicted octanol–water partition coefficient (Wildman–Crippen LogP) is 4.00. The summed E-state index contributed by atoms with van der Waals surface area (Å²) in [5, 5.41) is 5.93. The molecule has 2 N–H and O–H groups in total. The van der Waals surface area contributed by atoms with Crippen LogP contribution in [0.3, 0.4) is 0 Å². The van der Waals surface area contributed by atoms with Crippen molar-refractivity contribution in [3.05, 3.63) is 54.1 Å². The molecular weight excluding hydrogens is 392 g/mol. The van der Waals surface area contributed by atoms with Gasteiger partial charge in [0.05, 0.1) is 17.3 Å². The fourth-order valence-corrected chi connectivity index (χ4v) is 4.25. The van der Waals surface area contributed by atoms with Crippen molar-refractivity contribution in [2.75, 3.05) is 35.2 Å². The Bertz CT molecular complexity index is 990. The van der Waals surface area contributed by atoms with E-state index in [-0.39, 0.29) is 23.8 Å². The average Bonchev–Trinajstić information content (AvgIpc) is 3.20. The highest BCUT2D eigenvalue weighted by Gasteiger charge is 2.30. The van der Waals surface area contributed by atoms with Crippen molar-refractivity contribution in [1.29, 1.82) is 0 Å². The number of nitrogens with one attached hydrogen (secondary N) is 2. The van der Waals surface area contributed by atoms with Gasteiger partial charge in [-0.3, -0.25) is 9.59 Å². The minimum Gasteiger partial charge on any atom is -0.324 e. The minimum absolute atomic E-state index is 0.0818. The van der Waals surface area contributed by atoms with Crippen molar-refractivity contribution >= 4 is 34.9 Å². The van der Waals surface area contributed by atoms with E-state index in [2.05, 4.69) is 10.6 Å². The number of hydrogen-bond donors (Lipinski definition) is 2. The van der Waals surface area contributed by atoms with Crippen molar-refractivity contribution in [2.24, 2.45) is 5.92 Å². The van der Waals surface area contributed by atoms with Gasteiger partial charge in [0.15, 0.2) is 0 Å². The topological polar surface area (TPSA) is 81.8 Å². The lowest BCUT2D eigenvalue weighted by Crippen LogP contribution is -2.45. The second-order valence-corrected chi connectivity index (χ2v) is 8.24. The molecule has 0 saturated carbocycles. The maximum Gasteiger partial charge on any atom is 0.321 e. The van der Waals surface area contributed by atoms with Gasteiger partial charge in [-0.1, -0.05) is 24.3 Å². The summed E-state index contributed by atoms with van der Waals surface area (Å²) >= 11 is 0. The molecule has 2 aromatic carbocycles. The van der Waals surface area contributed by atoms with Crippen molar-refractivity contribution in [3.63, 3.8) is 0 Å². The van der Waals surface area contributed by atoms with Crippen LogP contribution >= 0.6 is 0 Å². The largest absolute Gasteiger partial charge is 0.324 e. The van der Waals surface area contributed by atoms with Gasteiger partial charge < -0.3 is 20.4 Å². The van der Waals surface area contributed by atoms with Crippen molar-refractivity contribution < 1.29 is 14.4 Å². The molecule has 0 spiro atoms. The van der Waals surface area contributed by atoms with Gasteiger partial charge in [-0.25, -0.2) is 4.79 Å². The van der Waals surface area contributed by atoms with E-state index in [0.29, 0.717) is 31.7 Å². The second kappa shape index (κ2) is 9.20. The highest BCUT2D eigenvalue weighted by atomic mass is 16.2. The van der Waals surface area contributed by atoms with E-state index in [1.54, 1.807) is 9.80 Å². The fraction of sp³-hybridized carbons (Fsp3) is 0.375. The predicted molar refractivity (Wildman–Crippen MR) is 121 cm³/mol. The van der Waals surface area contributed by atoms with E-state index in [1.165, 1.54) is 0 Å². The van der Waals surface area contributed by atoms with Crippen LogP contribution in [0.2, 0.25) is 0 Å². The number of amides is 4. The first-order valence-electron chi connectivity index (χ1n) is 10.8. The molecular formula is C24H28N4O3. The van der Waals surface area contributed by atoms with Crippen LogP contribution in [-0.4, -0.2) is 42.4 Å². The van der Waals surface area contributed by atoms with Crippen LogP contribution in [0.25, 0.3) is 0 Å². The lowest BCUT2D eigenvalue weighted by molar-refractivity contribution is -0.121. The van der Waals surface area contributed by atoms with Crippen LogP contribution < -0.4 is 15.5 Å². The molecule has 7 nitrogen and oxygen atoms in total. The Hall–Kier alpha value is -3.35. The van der Waals surface area contributed by atoms with E-state index in [9.17, 15) is 14.4 Å². The Balaban J connectivity index is 1.40. The van der Waals surface area contributed by atoms with E-state index >= 15 is 0 Å². The van der Waals surface area contributed by atoms with Gasteiger partial charge >= 0.3 is 6.03 Å². The molecule has 162 valence electrons. The molecule has 31 heavy (non-hydrogen) atoms. The lowest BCUT2D eigenvalue weighted by Gasteiger charge is -2.32. The normalized spacial score (nSPS) is 18.7. The fourth-order valence-electron chi connectivity index (χ4n) is 4.25. The van der Waals surface area contributed by atoms with Gasteiger partial charge in [-0.15, -0.1) is 0 Å². The summed E-state index contributed by atoms with van der Waals surface area (Å²) in [5.74, 6) is -0.329. The van der Waals surface area contributed by atoms with Crippen LogP contribution in [-0.2, 0) is 9.59 Å². The number of likely N-dealkylation sites (tertiary alicyclic amines) is 1. The number of piperidine rings is 1. The summed E-state index contributed by atoms with van der Waals surface area (Å²) < 4.78 is 0. The van der Waals surface area contributed by atoms with Gasteiger partial charge in [0, 0.05) is 31.7 Å². The van der Waals surface area contributed by atoms with E-state index in [4.69, 9.17) is 0 Å². The Labute approximate surface area is 182 Å². The third-order valence-corrected chi connectivity index (χ3v) is 5.87. The van der Waals surface area contributed by atoms with Crippen LogP contribution in [0.4, 0.5) is 21.9 Å². The maximum atomic E-state index is 13.0. The molecule has 0 bridgehead atoms. The Kier molecular flexibility index (Phi) is 6.21. The van der Waals surface area contributed by atoms with E-state index in [1.807, 2.05) is 55.5 Å². The number of para-hydroxylation sites is 2. The van der Waals surface area contributed by atoms with Crippen LogP contribution in [0.5, 0.6) is 0 Å². The summed E-state index contributed by atoms with van der Waals surface area (Å²) in [6.07, 6.45) is 2.86. The number of anilines is 3. The SMILES string of the molecule is Cc1cccc(NC(=O)N2CCCC(C(=O)Nc3ccccc3N3CCCC3=O)C2)c1. The average molecular weight is 421 g/mol. The monoisotopic (exact) mass is 420 g/mol. The van der Waals surface area contributed by atoms with Gasteiger partial charge in [0.2, 0.25) is 11.8 Å². The number of aryl methyl sites for hydroxylation is 1. The van der Waals surface area contributed by atoms with E-state index in [0.717, 1.165) is 36.2 Å². The Morgan fingerprint density at radius 3 is 2.61 bits per heavy atom. The van der Waals surface area contributed by atoms with Crippen LogP contribution in [0, 0.1) is 12.8 Å². The summed E-state index contributed by atoms with van der Waals surface area (Å²) in [6.45, 7) is 3.64. The zero-order chi connectivity index (χ0) is 21.8. The number of carbonyl (C=O) groups is 3. The number of carbonyl (C=O) groups excluding carboxylic acids is 3. The maximum absolute atomic E-state index is 13.0. The third kappa shape index (κ3) is 4.87. The smallest absolute Gasteiger partial charge is 0.321 e. The molecule has 2 fully saturated rings. The first kappa shape index (κ1) is 20.9. The van der Waals surface area contributed by atoms with Gasteiger partial charge in [0.1, 0.15) is 0 Å². The third-order valence-electron chi connectivity index (χ3n) is 5.87. The summed E-state index contributed by atoms with van der Waals surface area (Å²) in [6, 6.07) is 14.9. The zero-order valence-electron chi connectivity index (χ0n) is 17.8. The Morgan fingerprint density at radius 1 is 1.00 bits per heavy atom. The number of hydrogen-bond acceptors (Lipinski definition) is 3. The molecule has 2 heterocycles.